The highest BCUT2D eigenvalue weighted by molar-refractivity contribution is 5.67. The van der Waals surface area contributed by atoms with Crippen molar-refractivity contribution in [3.05, 3.63) is 46.8 Å². The Balaban J connectivity index is 2.04. The lowest BCUT2D eigenvalue weighted by molar-refractivity contribution is 0.0523. The van der Waals surface area contributed by atoms with Crippen LogP contribution in [0, 0.1) is 0 Å². The molecule has 0 spiro atoms. The molecule has 112 valence electrons. The maximum absolute atomic E-state index is 11.6. The second-order valence-electron chi connectivity index (χ2n) is 5.44. The van der Waals surface area contributed by atoms with E-state index < -0.39 is 17.5 Å². The van der Waals surface area contributed by atoms with Crippen molar-refractivity contribution in [2.24, 2.45) is 0 Å². The molecule has 0 aliphatic rings. The summed E-state index contributed by atoms with van der Waals surface area (Å²) in [5.41, 5.74) is 0.838. The van der Waals surface area contributed by atoms with E-state index in [1.807, 2.05) is 6.07 Å². The van der Waals surface area contributed by atoms with E-state index in [1.165, 1.54) is 0 Å². The monoisotopic (exact) mass is 291 g/mol. The van der Waals surface area contributed by atoms with Crippen LogP contribution in [0.4, 0.5) is 4.79 Å². The summed E-state index contributed by atoms with van der Waals surface area (Å²) in [7, 11) is 0. The molecule has 0 saturated carbocycles. The van der Waals surface area contributed by atoms with Crippen molar-refractivity contribution < 1.29 is 13.9 Å². The van der Waals surface area contributed by atoms with Crippen LogP contribution in [0.15, 0.2) is 39.9 Å². The quantitative estimate of drug-likeness (QED) is 0.932. The number of aromatic nitrogens is 2. The molecule has 21 heavy (non-hydrogen) atoms. The summed E-state index contributed by atoms with van der Waals surface area (Å²) >= 11 is 0. The summed E-state index contributed by atoms with van der Waals surface area (Å²) in [6.45, 7) is 5.67. The first kappa shape index (κ1) is 14.8. The van der Waals surface area contributed by atoms with Gasteiger partial charge >= 0.3 is 11.8 Å². The van der Waals surface area contributed by atoms with Gasteiger partial charge in [0.1, 0.15) is 5.60 Å². The average Bonchev–Trinajstić information content (AvgIpc) is 2.81. The summed E-state index contributed by atoms with van der Waals surface area (Å²) in [5.74, 6) is -0.563. The zero-order valence-electron chi connectivity index (χ0n) is 12.1. The van der Waals surface area contributed by atoms with Crippen LogP contribution < -0.4 is 11.1 Å². The Bertz CT molecular complexity index is 682. The van der Waals surface area contributed by atoms with Crippen molar-refractivity contribution in [3.8, 4) is 5.69 Å². The molecule has 7 heteroatoms. The Hall–Kier alpha value is -2.57. The fourth-order valence-corrected chi connectivity index (χ4v) is 1.67. The van der Waals surface area contributed by atoms with Gasteiger partial charge in [-0.25, -0.2) is 9.59 Å². The van der Waals surface area contributed by atoms with Gasteiger partial charge in [-0.15, -0.1) is 5.10 Å². The number of nitrogens with zero attached hydrogens (tertiary/aromatic N) is 2. The minimum absolute atomic E-state index is 0.287. The van der Waals surface area contributed by atoms with E-state index in [0.717, 1.165) is 16.6 Å². The van der Waals surface area contributed by atoms with Crippen molar-refractivity contribution in [1.29, 1.82) is 0 Å². The zero-order chi connectivity index (χ0) is 15.5. The molecule has 1 amide bonds. The minimum Gasteiger partial charge on any atom is -0.444 e. The van der Waals surface area contributed by atoms with E-state index in [1.54, 1.807) is 39.0 Å². The summed E-state index contributed by atoms with van der Waals surface area (Å²) in [6, 6.07) is 7.05. The molecule has 2 rings (SSSR count). The SMILES string of the molecule is CC(C)(C)OC(=O)NCc1cccc(-n2ncoc2=O)c1. The van der Waals surface area contributed by atoms with Crippen LogP contribution in [-0.2, 0) is 11.3 Å². The molecule has 0 fully saturated rings. The highest BCUT2D eigenvalue weighted by Gasteiger charge is 2.15. The third kappa shape index (κ3) is 4.20. The standard InChI is InChI=1S/C14H17N3O4/c1-14(2,3)21-12(18)15-8-10-5-4-6-11(7-10)17-13(19)20-9-16-17/h4-7,9H,8H2,1-3H3,(H,15,18). The number of amides is 1. The number of benzene rings is 1. The zero-order valence-corrected chi connectivity index (χ0v) is 12.1. The molecule has 2 aromatic rings. The molecule has 1 N–H and O–H groups in total. The van der Waals surface area contributed by atoms with Gasteiger partial charge < -0.3 is 14.5 Å². The molecule has 0 aliphatic heterocycles. The van der Waals surface area contributed by atoms with Gasteiger partial charge in [-0.05, 0) is 38.5 Å². The van der Waals surface area contributed by atoms with Crippen molar-refractivity contribution in [1.82, 2.24) is 15.1 Å². The van der Waals surface area contributed by atoms with Gasteiger partial charge in [0.15, 0.2) is 0 Å². The molecular formula is C14H17N3O4. The molecule has 0 unspecified atom stereocenters. The minimum atomic E-state index is -0.563. The highest BCUT2D eigenvalue weighted by atomic mass is 16.6. The average molecular weight is 291 g/mol. The number of carbonyl (C=O) groups is 1. The fraction of sp³-hybridized carbons (Fsp3) is 0.357. The van der Waals surface area contributed by atoms with Gasteiger partial charge in [-0.1, -0.05) is 12.1 Å². The lowest BCUT2D eigenvalue weighted by atomic mass is 10.2. The molecule has 0 radical (unpaired) electrons. The van der Waals surface area contributed by atoms with Gasteiger partial charge in [-0.2, -0.15) is 4.68 Å². The number of alkyl carbamates (subject to hydrolysis) is 1. The van der Waals surface area contributed by atoms with Crippen LogP contribution in [0.3, 0.4) is 0 Å². The van der Waals surface area contributed by atoms with Gasteiger partial charge in [0.2, 0.25) is 6.39 Å². The van der Waals surface area contributed by atoms with E-state index >= 15 is 0 Å². The summed E-state index contributed by atoms with van der Waals surface area (Å²) in [6.07, 6.45) is 0.583. The molecular weight excluding hydrogens is 274 g/mol. The smallest absolute Gasteiger partial charge is 0.441 e. The molecule has 1 aromatic carbocycles. The largest absolute Gasteiger partial charge is 0.444 e. The maximum atomic E-state index is 11.6. The number of hydrogen-bond acceptors (Lipinski definition) is 5. The van der Waals surface area contributed by atoms with Gasteiger partial charge in [0, 0.05) is 6.54 Å². The molecule has 0 aliphatic carbocycles. The van der Waals surface area contributed by atoms with Crippen molar-refractivity contribution in [3.63, 3.8) is 0 Å². The van der Waals surface area contributed by atoms with Crippen LogP contribution in [0.5, 0.6) is 0 Å². The van der Waals surface area contributed by atoms with Gasteiger partial charge in [0.05, 0.1) is 5.69 Å². The van der Waals surface area contributed by atoms with Crippen LogP contribution >= 0.6 is 0 Å². The first-order valence-electron chi connectivity index (χ1n) is 6.44. The normalized spacial score (nSPS) is 11.2. The van der Waals surface area contributed by atoms with E-state index in [9.17, 15) is 9.59 Å². The Labute approximate surface area is 121 Å². The van der Waals surface area contributed by atoms with Crippen molar-refractivity contribution in [2.75, 3.05) is 0 Å². The third-order valence-electron chi connectivity index (χ3n) is 2.48. The van der Waals surface area contributed by atoms with Crippen molar-refractivity contribution in [2.45, 2.75) is 32.9 Å². The number of nitrogens with one attached hydrogen (secondary N) is 1. The van der Waals surface area contributed by atoms with Gasteiger partial charge in [-0.3, -0.25) is 0 Å². The first-order valence-corrected chi connectivity index (χ1v) is 6.44. The third-order valence-corrected chi connectivity index (χ3v) is 2.48. The van der Waals surface area contributed by atoms with Gasteiger partial charge in [0.25, 0.3) is 0 Å². The second-order valence-corrected chi connectivity index (χ2v) is 5.44. The van der Waals surface area contributed by atoms with Crippen LogP contribution in [-0.4, -0.2) is 21.5 Å². The van der Waals surface area contributed by atoms with E-state index in [4.69, 9.17) is 4.74 Å². The topological polar surface area (TPSA) is 86.4 Å². The Morgan fingerprint density at radius 1 is 1.43 bits per heavy atom. The van der Waals surface area contributed by atoms with Crippen LogP contribution in [0.2, 0.25) is 0 Å². The molecule has 0 saturated heterocycles. The molecule has 0 bridgehead atoms. The number of carbonyl (C=O) groups excluding carboxylic acids is 1. The van der Waals surface area contributed by atoms with E-state index in [0.29, 0.717) is 5.69 Å². The summed E-state index contributed by atoms with van der Waals surface area (Å²) < 4.78 is 10.9. The highest BCUT2D eigenvalue weighted by Crippen LogP contribution is 2.09. The predicted molar refractivity (Wildman–Crippen MR) is 75.2 cm³/mol. The maximum Gasteiger partial charge on any atom is 0.441 e. The number of rotatable bonds is 3. The molecule has 1 heterocycles. The second kappa shape index (κ2) is 5.82. The summed E-state index contributed by atoms with van der Waals surface area (Å²) in [5, 5.41) is 6.45. The molecule has 1 aromatic heterocycles. The Morgan fingerprint density at radius 3 is 2.81 bits per heavy atom. The Kier molecular flexibility index (Phi) is 4.11. The van der Waals surface area contributed by atoms with Crippen LogP contribution in [0.1, 0.15) is 26.3 Å². The predicted octanol–water partition coefficient (Wildman–Crippen LogP) is 1.85. The number of hydrogen-bond donors (Lipinski definition) is 1. The molecule has 7 nitrogen and oxygen atoms in total. The Morgan fingerprint density at radius 2 is 2.19 bits per heavy atom. The fourth-order valence-electron chi connectivity index (χ4n) is 1.67. The van der Waals surface area contributed by atoms with E-state index in [2.05, 4.69) is 14.8 Å². The van der Waals surface area contributed by atoms with E-state index in [-0.39, 0.29) is 6.54 Å². The summed E-state index contributed by atoms with van der Waals surface area (Å²) in [4.78, 5) is 23.0. The van der Waals surface area contributed by atoms with Crippen LogP contribution in [0.25, 0.3) is 5.69 Å². The first-order chi connectivity index (χ1) is 9.85. The molecule has 0 atom stereocenters. The number of ether oxygens (including phenoxy) is 1. The lowest BCUT2D eigenvalue weighted by Crippen LogP contribution is -2.32. The van der Waals surface area contributed by atoms with Crippen molar-refractivity contribution >= 4 is 6.09 Å². The lowest BCUT2D eigenvalue weighted by Gasteiger charge is -2.19.